The van der Waals surface area contributed by atoms with Gasteiger partial charge in [0.15, 0.2) is 5.69 Å². The first-order valence-electron chi connectivity index (χ1n) is 9.05. The van der Waals surface area contributed by atoms with Crippen molar-refractivity contribution in [2.45, 2.75) is 26.4 Å². The number of nitrogens with two attached hydrogens (primary N) is 1. The zero-order valence-corrected chi connectivity index (χ0v) is 17.1. The van der Waals surface area contributed by atoms with Crippen molar-refractivity contribution in [2.75, 3.05) is 19.6 Å². The molecule has 0 atom stereocenters. The number of oxazole rings is 1. The van der Waals surface area contributed by atoms with Crippen LogP contribution in [0.25, 0.3) is 0 Å². The molecule has 12 nitrogen and oxygen atoms in total. The van der Waals surface area contributed by atoms with Crippen LogP contribution in [-0.2, 0) is 22.7 Å². The third-order valence-electron chi connectivity index (χ3n) is 3.57. The number of hydrogen-bond donors (Lipinski definition) is 5. The van der Waals surface area contributed by atoms with Gasteiger partial charge in [-0.3, -0.25) is 19.2 Å². The van der Waals surface area contributed by atoms with Crippen molar-refractivity contribution in [2.24, 2.45) is 5.73 Å². The first-order valence-corrected chi connectivity index (χ1v) is 9.93. The fourth-order valence-electron chi connectivity index (χ4n) is 2.08. The quantitative estimate of drug-likeness (QED) is 0.274. The van der Waals surface area contributed by atoms with Gasteiger partial charge in [0.2, 0.25) is 17.7 Å². The van der Waals surface area contributed by atoms with Crippen LogP contribution in [0.3, 0.4) is 0 Å². The Morgan fingerprint density at radius 1 is 1.03 bits per heavy atom. The SMILES string of the molecule is CC(=O)NCc1nc(C(=O)NCC(=O)NCc2nc(C(=O)NCCCN)co2)cs1. The van der Waals surface area contributed by atoms with E-state index in [2.05, 4.69) is 31.2 Å². The fraction of sp³-hybridized carbons (Fsp3) is 0.412. The summed E-state index contributed by atoms with van der Waals surface area (Å²) in [7, 11) is 0. The van der Waals surface area contributed by atoms with Crippen molar-refractivity contribution in [1.29, 1.82) is 0 Å². The Balaban J connectivity index is 1.71. The molecule has 13 heteroatoms. The van der Waals surface area contributed by atoms with Gasteiger partial charge in [-0.05, 0) is 13.0 Å². The molecule has 0 aliphatic rings. The number of amides is 4. The number of aromatic nitrogens is 2. The molecule has 4 amide bonds. The van der Waals surface area contributed by atoms with E-state index in [4.69, 9.17) is 10.2 Å². The minimum atomic E-state index is -0.511. The van der Waals surface area contributed by atoms with Crippen LogP contribution in [-0.4, -0.2) is 53.2 Å². The Labute approximate surface area is 176 Å². The molecular weight excluding hydrogens is 414 g/mol. The lowest BCUT2D eigenvalue weighted by molar-refractivity contribution is -0.120. The summed E-state index contributed by atoms with van der Waals surface area (Å²) >= 11 is 1.23. The summed E-state index contributed by atoms with van der Waals surface area (Å²) in [5.74, 6) is -1.41. The van der Waals surface area contributed by atoms with Gasteiger partial charge in [-0.1, -0.05) is 0 Å². The van der Waals surface area contributed by atoms with Crippen LogP contribution in [0.15, 0.2) is 16.1 Å². The van der Waals surface area contributed by atoms with Gasteiger partial charge < -0.3 is 31.4 Å². The van der Waals surface area contributed by atoms with E-state index >= 15 is 0 Å². The van der Waals surface area contributed by atoms with Crippen molar-refractivity contribution < 1.29 is 23.6 Å². The molecule has 0 aliphatic carbocycles. The van der Waals surface area contributed by atoms with E-state index in [1.54, 1.807) is 0 Å². The number of thiazole rings is 1. The highest BCUT2D eigenvalue weighted by molar-refractivity contribution is 7.09. The Morgan fingerprint density at radius 2 is 1.80 bits per heavy atom. The Morgan fingerprint density at radius 3 is 2.53 bits per heavy atom. The summed E-state index contributed by atoms with van der Waals surface area (Å²) in [5.41, 5.74) is 5.61. The fourth-order valence-corrected chi connectivity index (χ4v) is 2.79. The number of carbonyl (C=O) groups excluding carboxylic acids is 4. The van der Waals surface area contributed by atoms with Gasteiger partial charge in [0.05, 0.1) is 19.6 Å². The minimum absolute atomic E-state index is 0.0393. The van der Waals surface area contributed by atoms with Crippen molar-refractivity contribution in [3.63, 3.8) is 0 Å². The maximum absolute atomic E-state index is 12.0. The highest BCUT2D eigenvalue weighted by Crippen LogP contribution is 2.09. The van der Waals surface area contributed by atoms with Gasteiger partial charge in [-0.2, -0.15) is 0 Å². The van der Waals surface area contributed by atoms with Gasteiger partial charge in [0.25, 0.3) is 11.8 Å². The summed E-state index contributed by atoms with van der Waals surface area (Å²) in [6, 6.07) is 0. The molecule has 0 saturated heterocycles. The second-order valence-corrected chi connectivity index (χ2v) is 6.96. The number of rotatable bonds is 11. The molecule has 0 radical (unpaired) electrons. The maximum atomic E-state index is 12.0. The summed E-state index contributed by atoms with van der Waals surface area (Å²) < 4.78 is 5.14. The zero-order chi connectivity index (χ0) is 21.9. The first kappa shape index (κ1) is 23.0. The van der Waals surface area contributed by atoms with Crippen LogP contribution in [0.5, 0.6) is 0 Å². The number of hydrogen-bond acceptors (Lipinski definition) is 9. The highest BCUT2D eigenvalue weighted by atomic mass is 32.1. The lowest BCUT2D eigenvalue weighted by Crippen LogP contribution is -2.36. The van der Waals surface area contributed by atoms with E-state index in [-0.39, 0.29) is 42.8 Å². The number of carbonyl (C=O) groups is 4. The Kier molecular flexibility index (Phi) is 8.90. The van der Waals surface area contributed by atoms with Crippen LogP contribution < -0.4 is 27.0 Å². The van der Waals surface area contributed by atoms with E-state index < -0.39 is 17.7 Å². The van der Waals surface area contributed by atoms with Gasteiger partial charge in [0.1, 0.15) is 17.0 Å². The minimum Gasteiger partial charge on any atom is -0.446 e. The Hall–Kier alpha value is -3.32. The van der Waals surface area contributed by atoms with Crippen LogP contribution in [0.4, 0.5) is 0 Å². The third-order valence-corrected chi connectivity index (χ3v) is 4.42. The predicted octanol–water partition coefficient (Wildman–Crippen LogP) is -1.11. The van der Waals surface area contributed by atoms with Crippen molar-refractivity contribution >= 4 is 35.0 Å². The molecule has 2 aromatic rings. The molecule has 0 aliphatic heterocycles. The van der Waals surface area contributed by atoms with Crippen LogP contribution in [0.2, 0.25) is 0 Å². The van der Waals surface area contributed by atoms with E-state index in [9.17, 15) is 19.2 Å². The van der Waals surface area contributed by atoms with Crippen molar-refractivity contribution in [3.8, 4) is 0 Å². The van der Waals surface area contributed by atoms with Gasteiger partial charge in [-0.25, -0.2) is 9.97 Å². The molecule has 2 aromatic heterocycles. The molecule has 0 saturated carbocycles. The van der Waals surface area contributed by atoms with Gasteiger partial charge in [-0.15, -0.1) is 11.3 Å². The largest absolute Gasteiger partial charge is 0.446 e. The Bertz CT molecular complexity index is 895. The molecule has 0 fully saturated rings. The average molecular weight is 437 g/mol. The predicted molar refractivity (Wildman–Crippen MR) is 106 cm³/mol. The lowest BCUT2D eigenvalue weighted by atomic mass is 10.4. The van der Waals surface area contributed by atoms with E-state index in [0.717, 1.165) is 0 Å². The molecule has 6 N–H and O–H groups in total. The number of nitrogens with one attached hydrogen (secondary N) is 4. The second-order valence-electron chi connectivity index (χ2n) is 6.02. The third kappa shape index (κ3) is 7.60. The molecule has 0 spiro atoms. The molecule has 2 heterocycles. The molecule has 30 heavy (non-hydrogen) atoms. The number of nitrogens with zero attached hydrogens (tertiary/aromatic N) is 2. The normalized spacial score (nSPS) is 10.3. The molecular formula is C17H23N7O5S. The van der Waals surface area contributed by atoms with E-state index in [1.807, 2.05) is 0 Å². The lowest BCUT2D eigenvalue weighted by Gasteiger charge is -2.04. The molecule has 2 rings (SSSR count). The molecule has 0 bridgehead atoms. The molecule has 0 aromatic carbocycles. The first-order chi connectivity index (χ1) is 14.4. The standard InChI is InChI=1S/C17H23N7O5S/c1-10(25)20-7-15-24-12(9-30-15)17(28)22-5-13(26)21-6-14-23-11(8-29-14)16(27)19-4-2-3-18/h8-9H,2-7,18H2,1H3,(H,19,27)(H,20,25)(H,21,26)(H,22,28). The molecule has 0 unspecified atom stereocenters. The van der Waals surface area contributed by atoms with Crippen LogP contribution in [0.1, 0.15) is 45.2 Å². The van der Waals surface area contributed by atoms with Gasteiger partial charge >= 0.3 is 0 Å². The van der Waals surface area contributed by atoms with Crippen molar-refractivity contribution in [1.82, 2.24) is 31.2 Å². The topological polar surface area (TPSA) is 181 Å². The molecule has 162 valence electrons. The average Bonchev–Trinajstić information content (AvgIpc) is 3.38. The maximum Gasteiger partial charge on any atom is 0.273 e. The zero-order valence-electron chi connectivity index (χ0n) is 16.3. The smallest absolute Gasteiger partial charge is 0.273 e. The van der Waals surface area contributed by atoms with E-state index in [0.29, 0.717) is 24.5 Å². The van der Waals surface area contributed by atoms with E-state index in [1.165, 1.54) is 29.9 Å². The van der Waals surface area contributed by atoms with Gasteiger partial charge in [0, 0.05) is 18.8 Å². The monoisotopic (exact) mass is 437 g/mol. The highest BCUT2D eigenvalue weighted by Gasteiger charge is 2.14. The van der Waals surface area contributed by atoms with Crippen LogP contribution in [0, 0.1) is 0 Å². The van der Waals surface area contributed by atoms with Crippen molar-refractivity contribution in [3.05, 3.63) is 33.9 Å². The van der Waals surface area contributed by atoms with Crippen LogP contribution >= 0.6 is 11.3 Å². The summed E-state index contributed by atoms with van der Waals surface area (Å²) in [6.07, 6.45) is 1.84. The summed E-state index contributed by atoms with van der Waals surface area (Å²) in [5, 5.41) is 12.3. The summed E-state index contributed by atoms with van der Waals surface area (Å²) in [4.78, 5) is 54.7. The summed E-state index contributed by atoms with van der Waals surface area (Å²) in [6.45, 7) is 2.20. The second kappa shape index (κ2) is 11.6.